The Hall–Kier alpha value is -1.59. The molecular formula is C20H30N2O4. The van der Waals surface area contributed by atoms with E-state index in [0.29, 0.717) is 12.5 Å². The van der Waals surface area contributed by atoms with Crippen LogP contribution in [-0.2, 0) is 14.4 Å². The summed E-state index contributed by atoms with van der Waals surface area (Å²) in [6.45, 7) is 10.4. The van der Waals surface area contributed by atoms with Crippen LogP contribution in [0.5, 0.6) is 0 Å². The van der Waals surface area contributed by atoms with Crippen molar-refractivity contribution in [2.45, 2.75) is 66.0 Å². The molecule has 0 aromatic carbocycles. The molecule has 1 unspecified atom stereocenters. The number of nitrogens with zero attached hydrogens (tertiary/aromatic N) is 1. The van der Waals surface area contributed by atoms with Crippen LogP contribution in [0.4, 0.5) is 0 Å². The SMILES string of the molecule is CC(C)(C)C(NC(=O)C12CC(C1)C2)C(=O)N1C[C@H]2[C@@H]([C@H]1C(=O)O)C2(C)C. The lowest BCUT2D eigenvalue weighted by molar-refractivity contribution is -0.168. The van der Waals surface area contributed by atoms with Crippen molar-refractivity contribution in [3.8, 4) is 0 Å². The molecule has 1 aliphatic heterocycles. The fourth-order valence-corrected chi connectivity index (χ4v) is 5.65. The minimum atomic E-state index is -0.935. The molecule has 6 nitrogen and oxygen atoms in total. The van der Waals surface area contributed by atoms with Crippen LogP contribution in [0.1, 0.15) is 53.9 Å². The van der Waals surface area contributed by atoms with Crippen LogP contribution in [0.25, 0.3) is 0 Å². The average Bonchev–Trinajstić information content (AvgIpc) is 2.80. The van der Waals surface area contributed by atoms with Crippen molar-refractivity contribution in [1.82, 2.24) is 10.2 Å². The monoisotopic (exact) mass is 362 g/mol. The molecule has 0 radical (unpaired) electrons. The highest BCUT2D eigenvalue weighted by molar-refractivity contribution is 5.94. The maximum absolute atomic E-state index is 13.3. The van der Waals surface area contributed by atoms with Gasteiger partial charge in [-0.2, -0.15) is 0 Å². The summed E-state index contributed by atoms with van der Waals surface area (Å²) in [5, 5.41) is 12.7. The van der Waals surface area contributed by atoms with E-state index in [1.165, 1.54) is 4.90 Å². The van der Waals surface area contributed by atoms with Crippen molar-refractivity contribution in [2.24, 2.45) is 34.0 Å². The van der Waals surface area contributed by atoms with Crippen LogP contribution in [-0.4, -0.2) is 46.4 Å². The first kappa shape index (κ1) is 17.8. The van der Waals surface area contributed by atoms with Gasteiger partial charge in [-0.15, -0.1) is 0 Å². The lowest BCUT2D eigenvalue weighted by atomic mass is 9.44. The minimum absolute atomic E-state index is 0.0119. The summed E-state index contributed by atoms with van der Waals surface area (Å²) >= 11 is 0. The normalized spacial score (nSPS) is 40.0. The highest BCUT2D eigenvalue weighted by Crippen LogP contribution is 2.65. The van der Waals surface area contributed by atoms with Gasteiger partial charge in [0.2, 0.25) is 11.8 Å². The fraction of sp³-hybridized carbons (Fsp3) is 0.850. The Morgan fingerprint density at radius 3 is 2.15 bits per heavy atom. The molecule has 144 valence electrons. The van der Waals surface area contributed by atoms with Crippen LogP contribution in [0.15, 0.2) is 0 Å². The van der Waals surface area contributed by atoms with Gasteiger partial charge in [0.1, 0.15) is 12.1 Å². The molecule has 26 heavy (non-hydrogen) atoms. The van der Waals surface area contributed by atoms with Crippen LogP contribution in [0.3, 0.4) is 0 Å². The van der Waals surface area contributed by atoms with E-state index in [-0.39, 0.29) is 34.5 Å². The van der Waals surface area contributed by atoms with E-state index in [9.17, 15) is 19.5 Å². The zero-order valence-electron chi connectivity index (χ0n) is 16.3. The number of carbonyl (C=O) groups is 3. The predicted octanol–water partition coefficient (Wildman–Crippen LogP) is 1.88. The quantitative estimate of drug-likeness (QED) is 0.799. The van der Waals surface area contributed by atoms with Crippen LogP contribution >= 0.6 is 0 Å². The molecule has 1 saturated heterocycles. The van der Waals surface area contributed by atoms with Crippen molar-refractivity contribution in [3.05, 3.63) is 0 Å². The van der Waals surface area contributed by atoms with Gasteiger partial charge < -0.3 is 15.3 Å². The second-order valence-corrected chi connectivity index (χ2v) is 10.8. The molecular weight excluding hydrogens is 332 g/mol. The smallest absolute Gasteiger partial charge is 0.326 e. The average molecular weight is 362 g/mol. The third kappa shape index (κ3) is 2.26. The molecule has 5 aliphatic rings. The zero-order chi connectivity index (χ0) is 19.2. The molecule has 4 aliphatic carbocycles. The van der Waals surface area contributed by atoms with Gasteiger partial charge in [-0.05, 0) is 41.9 Å². The second-order valence-electron chi connectivity index (χ2n) is 10.8. The van der Waals surface area contributed by atoms with Gasteiger partial charge in [-0.25, -0.2) is 4.79 Å². The maximum Gasteiger partial charge on any atom is 0.326 e. The number of nitrogens with one attached hydrogen (secondary N) is 1. The molecule has 2 amide bonds. The Morgan fingerprint density at radius 1 is 1.15 bits per heavy atom. The van der Waals surface area contributed by atoms with E-state index in [1.54, 1.807) is 0 Å². The van der Waals surface area contributed by atoms with Gasteiger partial charge in [0.25, 0.3) is 0 Å². The number of fused-ring (bicyclic) bond motifs is 1. The number of hydrogen-bond acceptors (Lipinski definition) is 3. The number of carboxylic acid groups (broad SMARTS) is 1. The number of hydrogen-bond donors (Lipinski definition) is 2. The first-order chi connectivity index (χ1) is 11.9. The first-order valence-corrected chi connectivity index (χ1v) is 9.73. The van der Waals surface area contributed by atoms with Gasteiger partial charge >= 0.3 is 5.97 Å². The van der Waals surface area contributed by atoms with Gasteiger partial charge in [0, 0.05) is 17.9 Å². The van der Waals surface area contributed by atoms with E-state index < -0.39 is 23.5 Å². The molecule has 0 spiro atoms. The Kier molecular flexibility index (Phi) is 3.44. The maximum atomic E-state index is 13.3. The summed E-state index contributed by atoms with van der Waals surface area (Å²) in [5.41, 5.74) is -0.746. The summed E-state index contributed by atoms with van der Waals surface area (Å²) in [6, 6.07) is -1.47. The molecule has 5 rings (SSSR count). The van der Waals surface area contributed by atoms with Gasteiger partial charge in [0.15, 0.2) is 0 Å². The Bertz CT molecular complexity index is 675. The third-order valence-corrected chi connectivity index (χ3v) is 7.65. The van der Waals surface area contributed by atoms with Crippen LogP contribution in [0.2, 0.25) is 0 Å². The van der Waals surface area contributed by atoms with Gasteiger partial charge in [-0.3, -0.25) is 9.59 Å². The van der Waals surface area contributed by atoms with Gasteiger partial charge in [0.05, 0.1) is 0 Å². The number of likely N-dealkylation sites (tertiary alicyclic amines) is 1. The molecule has 0 aromatic heterocycles. The van der Waals surface area contributed by atoms with Gasteiger partial charge in [-0.1, -0.05) is 34.6 Å². The molecule has 4 atom stereocenters. The predicted molar refractivity (Wildman–Crippen MR) is 95.1 cm³/mol. The van der Waals surface area contributed by atoms with E-state index >= 15 is 0 Å². The van der Waals surface area contributed by atoms with Crippen molar-refractivity contribution in [2.75, 3.05) is 6.54 Å². The summed E-state index contributed by atoms with van der Waals surface area (Å²) in [4.78, 5) is 39.5. The number of amides is 2. The summed E-state index contributed by atoms with van der Waals surface area (Å²) in [7, 11) is 0. The minimum Gasteiger partial charge on any atom is -0.480 e. The highest BCUT2D eigenvalue weighted by Gasteiger charge is 2.70. The third-order valence-electron chi connectivity index (χ3n) is 7.65. The van der Waals surface area contributed by atoms with Crippen molar-refractivity contribution in [3.63, 3.8) is 0 Å². The molecule has 2 bridgehead atoms. The molecule has 2 N–H and O–H groups in total. The Labute approximate surface area is 154 Å². The number of aliphatic carboxylic acids is 1. The summed E-state index contributed by atoms with van der Waals surface area (Å²) < 4.78 is 0. The number of carboxylic acids is 1. The Balaban J connectivity index is 1.53. The largest absolute Gasteiger partial charge is 0.480 e. The number of carbonyl (C=O) groups excluding carboxylic acids is 2. The standard InChI is InChI=1S/C20H30N2O4/c1-18(2,3)14(21-17(26)20-6-10(7-20)8-20)15(23)22-9-11-12(19(11,4)5)13(22)16(24)25/h10-14H,6-9H2,1-5H3,(H,21,26)(H,24,25)/t10?,11-,12-,13-,14?,20?/m0/s1. The fourth-order valence-electron chi connectivity index (χ4n) is 5.65. The molecule has 5 fully saturated rings. The molecule has 1 heterocycles. The van der Waals surface area contributed by atoms with Crippen molar-refractivity contribution < 1.29 is 19.5 Å². The van der Waals surface area contributed by atoms with E-state index in [4.69, 9.17) is 0 Å². The van der Waals surface area contributed by atoms with Crippen LogP contribution in [0, 0.1) is 34.0 Å². The van der Waals surface area contributed by atoms with E-state index in [0.717, 1.165) is 19.3 Å². The second kappa shape index (κ2) is 5.02. The first-order valence-electron chi connectivity index (χ1n) is 9.73. The lowest BCUT2D eigenvalue weighted by Gasteiger charge is -2.60. The topological polar surface area (TPSA) is 86.7 Å². The molecule has 6 heteroatoms. The highest BCUT2D eigenvalue weighted by atomic mass is 16.4. The zero-order valence-corrected chi connectivity index (χ0v) is 16.3. The lowest BCUT2D eigenvalue weighted by Crippen LogP contribution is -2.65. The molecule has 0 aromatic rings. The molecule has 4 saturated carbocycles. The summed E-state index contributed by atoms with van der Waals surface area (Å²) in [5.74, 6) is -0.263. The number of piperidine rings is 1. The van der Waals surface area contributed by atoms with Crippen molar-refractivity contribution in [1.29, 1.82) is 0 Å². The Morgan fingerprint density at radius 2 is 1.73 bits per heavy atom. The summed E-state index contributed by atoms with van der Waals surface area (Å²) in [6.07, 6.45) is 2.80. The van der Waals surface area contributed by atoms with Crippen molar-refractivity contribution >= 4 is 17.8 Å². The van der Waals surface area contributed by atoms with E-state index in [1.807, 2.05) is 20.8 Å². The number of rotatable bonds is 4. The van der Waals surface area contributed by atoms with E-state index in [2.05, 4.69) is 19.2 Å². The van der Waals surface area contributed by atoms with Crippen LogP contribution < -0.4 is 5.32 Å².